The van der Waals surface area contributed by atoms with Crippen molar-refractivity contribution in [2.75, 3.05) is 0 Å². The fraction of sp³-hybridized carbons (Fsp3) is 0.333. The number of halogens is 1. The minimum Gasteiger partial charge on any atom is -0.223 e. The van der Waals surface area contributed by atoms with Gasteiger partial charge in [-0.2, -0.15) is 0 Å². The molecule has 98 valence electrons. The molecule has 0 bridgehead atoms. The van der Waals surface area contributed by atoms with Gasteiger partial charge in [-0.3, -0.25) is 0 Å². The van der Waals surface area contributed by atoms with Crippen LogP contribution in [0.2, 0.25) is 5.28 Å². The summed E-state index contributed by atoms with van der Waals surface area (Å²) in [6.45, 7) is 9.75. The Labute approximate surface area is 116 Å². The first-order valence-corrected chi connectivity index (χ1v) is 6.62. The highest BCUT2D eigenvalue weighted by Gasteiger charge is 2.01. The first-order valence-electron chi connectivity index (χ1n) is 6.74. The van der Waals surface area contributed by atoms with Crippen LogP contribution in [0.25, 0.3) is 11.3 Å². The molecule has 0 saturated carbocycles. The van der Waals surface area contributed by atoms with Crippen LogP contribution in [0.3, 0.4) is 0 Å². The van der Waals surface area contributed by atoms with Gasteiger partial charge in [0, 0.05) is 11.3 Å². The lowest BCUT2D eigenvalue weighted by Gasteiger charge is -2.01. The van der Waals surface area contributed by atoms with Crippen LogP contribution >= 0.6 is 11.6 Å². The highest BCUT2D eigenvalue weighted by atomic mass is 35.5. The normalized spacial score (nSPS) is 9.33. The third-order valence-corrected chi connectivity index (χ3v) is 1.98. The van der Waals surface area contributed by atoms with E-state index < -0.39 is 0 Å². The van der Waals surface area contributed by atoms with Gasteiger partial charge >= 0.3 is 0 Å². The second kappa shape index (κ2) is 9.60. The molecule has 0 N–H and O–H groups in total. The highest BCUT2D eigenvalue weighted by molar-refractivity contribution is 6.28. The van der Waals surface area contributed by atoms with Gasteiger partial charge in [0.15, 0.2) is 0 Å². The summed E-state index contributed by atoms with van der Waals surface area (Å²) in [7, 11) is 0. The summed E-state index contributed by atoms with van der Waals surface area (Å²) in [5.41, 5.74) is 2.05. The number of aryl methyl sites for hydroxylation is 1. The van der Waals surface area contributed by atoms with E-state index >= 15 is 0 Å². The Hall–Kier alpha value is -1.41. The van der Waals surface area contributed by atoms with Crippen molar-refractivity contribution in [1.82, 2.24) is 9.97 Å². The average Bonchev–Trinajstić information content (AvgIpc) is 2.48. The Balaban J connectivity index is 0.000000741. The quantitative estimate of drug-likeness (QED) is 0.666. The zero-order valence-electron chi connectivity index (χ0n) is 12.7. The second-order valence-corrected chi connectivity index (χ2v) is 3.26. The first kappa shape index (κ1) is 14.7. The van der Waals surface area contributed by atoms with Crippen molar-refractivity contribution in [1.29, 1.82) is 0 Å². The Kier molecular flexibility index (Phi) is 7.82. The fourth-order valence-electron chi connectivity index (χ4n) is 1.22. The zero-order chi connectivity index (χ0) is 14.8. The molecule has 1 heterocycles. The van der Waals surface area contributed by atoms with E-state index in [1.54, 1.807) is 6.92 Å². The van der Waals surface area contributed by atoms with Gasteiger partial charge in [-0.1, -0.05) is 58.0 Å². The first-order chi connectivity index (χ1) is 9.18. The maximum absolute atomic E-state index is 7.85. The standard InChI is InChI=1S/C11H9ClN2.2C2H6/c1-8-7-10(14-11(12)13-8)9-5-3-2-4-6-9;2*1-2/h2-7H,1H3;2*1-2H3/i7D;;. The zero-order valence-corrected chi connectivity index (χ0v) is 12.4. The number of hydrogen-bond donors (Lipinski definition) is 0. The Morgan fingerprint density at radius 2 is 1.56 bits per heavy atom. The molecular formula is C15H21ClN2. The van der Waals surface area contributed by atoms with Gasteiger partial charge in [0.2, 0.25) is 5.28 Å². The summed E-state index contributed by atoms with van der Waals surface area (Å²) in [6.07, 6.45) is 0. The van der Waals surface area contributed by atoms with Gasteiger partial charge in [-0.05, 0) is 24.6 Å². The monoisotopic (exact) mass is 265 g/mol. The van der Waals surface area contributed by atoms with Crippen LogP contribution in [0.15, 0.2) is 36.4 Å². The molecule has 1 aromatic heterocycles. The summed E-state index contributed by atoms with van der Waals surface area (Å²) in [5.74, 6) is 0. The SMILES string of the molecule is CC.CC.[2H]c1c(C)nc(Cl)nc1-c1ccccc1. The van der Waals surface area contributed by atoms with E-state index in [9.17, 15) is 0 Å². The average molecular weight is 266 g/mol. The van der Waals surface area contributed by atoms with Gasteiger partial charge < -0.3 is 0 Å². The van der Waals surface area contributed by atoms with Crippen LogP contribution in [-0.2, 0) is 0 Å². The van der Waals surface area contributed by atoms with Crippen molar-refractivity contribution in [2.45, 2.75) is 34.6 Å². The van der Waals surface area contributed by atoms with E-state index in [2.05, 4.69) is 9.97 Å². The van der Waals surface area contributed by atoms with Crippen LogP contribution in [0.4, 0.5) is 0 Å². The smallest absolute Gasteiger partial charge is 0.223 e. The summed E-state index contributed by atoms with van der Waals surface area (Å²) >= 11 is 5.77. The van der Waals surface area contributed by atoms with Crippen molar-refractivity contribution >= 4 is 11.6 Å². The molecule has 2 aromatic rings. The van der Waals surface area contributed by atoms with E-state index in [1.807, 2.05) is 58.0 Å². The minimum absolute atomic E-state index is 0.183. The Morgan fingerprint density at radius 3 is 2.11 bits per heavy atom. The topological polar surface area (TPSA) is 25.8 Å². The lowest BCUT2D eigenvalue weighted by atomic mass is 10.1. The molecule has 0 aliphatic carbocycles. The van der Waals surface area contributed by atoms with Gasteiger partial charge in [-0.15, -0.1) is 0 Å². The van der Waals surface area contributed by atoms with Gasteiger partial charge in [0.1, 0.15) is 0 Å². The van der Waals surface area contributed by atoms with Crippen molar-refractivity contribution < 1.29 is 1.37 Å². The van der Waals surface area contributed by atoms with E-state index in [1.165, 1.54) is 0 Å². The predicted octanol–water partition coefficient (Wildman–Crippen LogP) is 5.16. The molecule has 0 aliphatic rings. The molecule has 3 heteroatoms. The number of hydrogen-bond acceptors (Lipinski definition) is 2. The predicted molar refractivity (Wildman–Crippen MR) is 79.9 cm³/mol. The van der Waals surface area contributed by atoms with E-state index in [0.29, 0.717) is 17.4 Å². The maximum Gasteiger partial charge on any atom is 0.223 e. The molecular weight excluding hydrogens is 244 g/mol. The number of benzene rings is 1. The van der Waals surface area contributed by atoms with Crippen molar-refractivity contribution in [3.8, 4) is 11.3 Å². The Bertz CT molecular complexity index is 487. The fourth-order valence-corrected chi connectivity index (χ4v) is 1.43. The lowest BCUT2D eigenvalue weighted by molar-refractivity contribution is 1.11. The summed E-state index contributed by atoms with van der Waals surface area (Å²) in [6, 6.07) is 9.85. The molecule has 2 nitrogen and oxygen atoms in total. The van der Waals surface area contributed by atoms with Crippen LogP contribution < -0.4 is 0 Å². The summed E-state index contributed by atoms with van der Waals surface area (Å²) in [4.78, 5) is 8.00. The van der Waals surface area contributed by atoms with Crippen molar-refractivity contribution in [2.24, 2.45) is 0 Å². The van der Waals surface area contributed by atoms with Crippen LogP contribution in [0.5, 0.6) is 0 Å². The minimum atomic E-state index is 0.183. The second-order valence-electron chi connectivity index (χ2n) is 2.92. The molecule has 0 saturated heterocycles. The molecule has 0 fully saturated rings. The molecule has 2 rings (SSSR count). The van der Waals surface area contributed by atoms with E-state index in [4.69, 9.17) is 13.0 Å². The molecule has 0 atom stereocenters. The summed E-state index contributed by atoms with van der Waals surface area (Å²) < 4.78 is 7.85. The highest BCUT2D eigenvalue weighted by Crippen LogP contribution is 2.18. The van der Waals surface area contributed by atoms with Gasteiger partial charge in [0.25, 0.3) is 0 Å². The number of rotatable bonds is 1. The van der Waals surface area contributed by atoms with Gasteiger partial charge in [0.05, 0.1) is 7.06 Å². The lowest BCUT2D eigenvalue weighted by Crippen LogP contribution is -1.90. The van der Waals surface area contributed by atoms with Crippen LogP contribution in [0.1, 0.15) is 34.8 Å². The third-order valence-electron chi connectivity index (χ3n) is 1.81. The molecule has 18 heavy (non-hydrogen) atoms. The molecule has 0 amide bonds. The van der Waals surface area contributed by atoms with E-state index in [0.717, 1.165) is 5.56 Å². The summed E-state index contributed by atoms with van der Waals surface area (Å²) in [5, 5.41) is 0.183. The van der Waals surface area contributed by atoms with Crippen LogP contribution in [0, 0.1) is 6.92 Å². The number of aromatic nitrogens is 2. The van der Waals surface area contributed by atoms with Crippen molar-refractivity contribution in [3.63, 3.8) is 0 Å². The van der Waals surface area contributed by atoms with Crippen molar-refractivity contribution in [3.05, 3.63) is 47.4 Å². The van der Waals surface area contributed by atoms with E-state index in [-0.39, 0.29) is 5.28 Å². The van der Waals surface area contributed by atoms with Gasteiger partial charge in [-0.25, -0.2) is 9.97 Å². The Morgan fingerprint density at radius 1 is 1.00 bits per heavy atom. The molecule has 0 unspecified atom stereocenters. The maximum atomic E-state index is 7.85. The third kappa shape index (κ3) is 5.28. The molecule has 1 aromatic carbocycles. The molecule has 0 aliphatic heterocycles. The molecule has 0 spiro atoms. The number of nitrogens with zero attached hydrogens (tertiary/aromatic N) is 2. The largest absolute Gasteiger partial charge is 0.223 e. The molecule has 0 radical (unpaired) electrons. The van der Waals surface area contributed by atoms with Crippen LogP contribution in [-0.4, -0.2) is 9.97 Å².